The molecule has 0 heterocycles. The molecule has 0 N–H and O–H groups in total. The van der Waals surface area contributed by atoms with Crippen LogP contribution in [0.3, 0.4) is 0 Å². The van der Waals surface area contributed by atoms with Crippen molar-refractivity contribution in [2.75, 3.05) is 0 Å². The molecule has 2 nitrogen and oxygen atoms in total. The van der Waals surface area contributed by atoms with Crippen molar-refractivity contribution >= 4 is 23.2 Å². The van der Waals surface area contributed by atoms with Crippen LogP contribution < -0.4 is 0 Å². The first-order valence-electron chi connectivity index (χ1n) is 6.21. The van der Waals surface area contributed by atoms with Crippen LogP contribution in [0.2, 0.25) is 0 Å². The molecule has 1 aliphatic rings. The van der Waals surface area contributed by atoms with E-state index >= 15 is 0 Å². The maximum absolute atomic E-state index is 11.9. The maximum Gasteiger partial charge on any atom is 0.205 e. The lowest BCUT2D eigenvalue weighted by molar-refractivity contribution is 0.0990. The number of Topliss-reactive ketones (excluding diaryl/α,β-unsaturated/α-hetero) is 1. The average Bonchev–Trinajstić information content (AvgIpc) is 2.36. The van der Waals surface area contributed by atoms with Crippen LogP contribution in [0.1, 0.15) is 46.5 Å². The predicted octanol–water partition coefficient (Wildman–Crippen LogP) is 4.09. The second-order valence-electron chi connectivity index (χ2n) is 4.89. The van der Waals surface area contributed by atoms with Gasteiger partial charge in [-0.3, -0.25) is 9.59 Å². The summed E-state index contributed by atoms with van der Waals surface area (Å²) < 4.78 is 0. The van der Waals surface area contributed by atoms with Gasteiger partial charge in [0.1, 0.15) is 0 Å². The van der Waals surface area contributed by atoms with Gasteiger partial charge >= 0.3 is 0 Å². The fraction of sp³-hybridized carbons (Fsp3) is 0.250. The van der Waals surface area contributed by atoms with Crippen LogP contribution in [0.4, 0.5) is 0 Å². The van der Waals surface area contributed by atoms with Crippen LogP contribution >= 0.6 is 11.6 Å². The minimum absolute atomic E-state index is 0.00482. The average molecular weight is 275 g/mol. The highest BCUT2D eigenvalue weighted by molar-refractivity contribution is 6.49. The third-order valence-electron chi connectivity index (χ3n) is 3.05. The lowest BCUT2D eigenvalue weighted by Crippen LogP contribution is -2.14. The SMILES string of the molecule is CC(C)=CCCc1ccc2c(c1)C(=O)C=C(Cl)C2=O. The van der Waals surface area contributed by atoms with E-state index in [0.717, 1.165) is 18.4 Å². The van der Waals surface area contributed by atoms with E-state index in [2.05, 4.69) is 19.9 Å². The van der Waals surface area contributed by atoms with Crippen LogP contribution in [0.5, 0.6) is 0 Å². The number of rotatable bonds is 3. The lowest BCUT2D eigenvalue weighted by atomic mass is 9.92. The van der Waals surface area contributed by atoms with Crippen LogP contribution in [0, 0.1) is 0 Å². The first kappa shape index (κ1) is 13.8. The molecule has 0 aliphatic heterocycles. The summed E-state index contributed by atoms with van der Waals surface area (Å²) in [4.78, 5) is 23.7. The molecule has 0 saturated carbocycles. The van der Waals surface area contributed by atoms with Gasteiger partial charge in [0.15, 0.2) is 5.78 Å². The zero-order valence-corrected chi connectivity index (χ0v) is 11.8. The van der Waals surface area contributed by atoms with E-state index in [0.29, 0.717) is 11.1 Å². The zero-order chi connectivity index (χ0) is 14.0. The van der Waals surface area contributed by atoms with Crippen molar-refractivity contribution in [1.29, 1.82) is 0 Å². The van der Waals surface area contributed by atoms with Crippen molar-refractivity contribution in [3.05, 3.63) is 57.6 Å². The molecule has 0 bridgehead atoms. The summed E-state index contributed by atoms with van der Waals surface area (Å²) in [6, 6.07) is 5.38. The number of ketones is 2. The molecule has 2 rings (SSSR count). The van der Waals surface area contributed by atoms with Crippen LogP contribution in [0.15, 0.2) is 41.0 Å². The van der Waals surface area contributed by atoms with Crippen LogP contribution in [-0.2, 0) is 6.42 Å². The third kappa shape index (κ3) is 3.02. The highest BCUT2D eigenvalue weighted by atomic mass is 35.5. The van der Waals surface area contributed by atoms with Crippen molar-refractivity contribution in [3.8, 4) is 0 Å². The normalized spacial score (nSPS) is 13.9. The van der Waals surface area contributed by atoms with Gasteiger partial charge in [0.2, 0.25) is 5.78 Å². The molecule has 3 heteroatoms. The van der Waals surface area contributed by atoms with Crippen molar-refractivity contribution in [3.63, 3.8) is 0 Å². The van der Waals surface area contributed by atoms with E-state index in [9.17, 15) is 9.59 Å². The van der Waals surface area contributed by atoms with E-state index in [1.807, 2.05) is 6.07 Å². The Hall–Kier alpha value is -1.67. The fourth-order valence-electron chi connectivity index (χ4n) is 2.06. The number of aryl methyl sites for hydroxylation is 1. The first-order chi connectivity index (χ1) is 8.99. The van der Waals surface area contributed by atoms with E-state index in [1.165, 1.54) is 11.6 Å². The predicted molar refractivity (Wildman–Crippen MR) is 76.8 cm³/mol. The molecule has 0 saturated heterocycles. The number of hydrogen-bond donors (Lipinski definition) is 0. The summed E-state index contributed by atoms with van der Waals surface area (Å²) in [7, 11) is 0. The Bertz CT molecular complexity index is 605. The van der Waals surface area contributed by atoms with Gasteiger partial charge in [-0.1, -0.05) is 29.3 Å². The maximum atomic E-state index is 11.9. The topological polar surface area (TPSA) is 34.1 Å². The van der Waals surface area contributed by atoms with E-state index in [-0.39, 0.29) is 16.6 Å². The van der Waals surface area contributed by atoms with E-state index in [4.69, 9.17) is 11.6 Å². The number of halogens is 1. The highest BCUT2D eigenvalue weighted by Gasteiger charge is 2.24. The summed E-state index contributed by atoms with van der Waals surface area (Å²) in [6.07, 6.45) is 5.15. The molecule has 0 aromatic heterocycles. The first-order valence-corrected chi connectivity index (χ1v) is 6.59. The Labute approximate surface area is 117 Å². The summed E-state index contributed by atoms with van der Waals surface area (Å²) in [5.74, 6) is -0.462. The molecule has 0 fully saturated rings. The molecule has 1 aliphatic carbocycles. The van der Waals surface area contributed by atoms with Crippen molar-refractivity contribution in [2.45, 2.75) is 26.7 Å². The number of carbonyl (C=O) groups is 2. The number of hydrogen-bond acceptors (Lipinski definition) is 2. The minimum Gasteiger partial charge on any atom is -0.289 e. The molecule has 1 aromatic rings. The van der Waals surface area contributed by atoms with Gasteiger partial charge in [-0.15, -0.1) is 0 Å². The standard InChI is InChI=1S/C16H15ClO2/c1-10(2)4-3-5-11-6-7-12-13(8-11)15(18)9-14(17)16(12)19/h4,6-9H,3,5H2,1-2H3. The number of benzene rings is 1. The minimum atomic E-state index is -0.271. The highest BCUT2D eigenvalue weighted by Crippen LogP contribution is 2.24. The molecule has 0 amide bonds. The van der Waals surface area contributed by atoms with Gasteiger partial charge in [0.05, 0.1) is 5.03 Å². The monoisotopic (exact) mass is 274 g/mol. The van der Waals surface area contributed by atoms with Gasteiger partial charge in [0, 0.05) is 17.2 Å². The number of fused-ring (bicyclic) bond motifs is 1. The summed E-state index contributed by atoms with van der Waals surface area (Å²) in [6.45, 7) is 4.11. The zero-order valence-electron chi connectivity index (χ0n) is 11.0. The summed E-state index contributed by atoms with van der Waals surface area (Å²) in [5.41, 5.74) is 3.20. The quantitative estimate of drug-likeness (QED) is 0.778. The van der Waals surface area contributed by atoms with Gasteiger partial charge in [-0.25, -0.2) is 0 Å². The van der Waals surface area contributed by atoms with Crippen molar-refractivity contribution in [2.24, 2.45) is 0 Å². The van der Waals surface area contributed by atoms with E-state index in [1.54, 1.807) is 12.1 Å². The molecule has 19 heavy (non-hydrogen) atoms. The van der Waals surface area contributed by atoms with Gasteiger partial charge in [0.25, 0.3) is 0 Å². The molecule has 0 spiro atoms. The number of carbonyl (C=O) groups excluding carboxylic acids is 2. The molecule has 0 atom stereocenters. The molecule has 1 aromatic carbocycles. The number of allylic oxidation sites excluding steroid dienone is 4. The Morgan fingerprint density at radius 1 is 1.21 bits per heavy atom. The largest absolute Gasteiger partial charge is 0.289 e. The van der Waals surface area contributed by atoms with Gasteiger partial charge in [-0.05, 0) is 44.4 Å². The molecule has 98 valence electrons. The summed E-state index contributed by atoms with van der Waals surface area (Å²) in [5, 5.41) is -0.00482. The second-order valence-corrected chi connectivity index (χ2v) is 5.29. The fourth-order valence-corrected chi connectivity index (χ4v) is 2.26. The summed E-state index contributed by atoms with van der Waals surface area (Å²) >= 11 is 5.73. The third-order valence-corrected chi connectivity index (χ3v) is 3.34. The Morgan fingerprint density at radius 2 is 1.95 bits per heavy atom. The van der Waals surface area contributed by atoms with Crippen molar-refractivity contribution < 1.29 is 9.59 Å². The molecular formula is C16H15ClO2. The van der Waals surface area contributed by atoms with Crippen LogP contribution in [-0.4, -0.2) is 11.6 Å². The van der Waals surface area contributed by atoms with Crippen LogP contribution in [0.25, 0.3) is 0 Å². The van der Waals surface area contributed by atoms with Gasteiger partial charge < -0.3 is 0 Å². The molecule has 0 radical (unpaired) electrons. The van der Waals surface area contributed by atoms with E-state index < -0.39 is 0 Å². The lowest BCUT2D eigenvalue weighted by Gasteiger charge is -2.12. The Kier molecular flexibility index (Phi) is 4.01. The Balaban J connectivity index is 2.26. The second kappa shape index (κ2) is 5.54. The Morgan fingerprint density at radius 3 is 2.63 bits per heavy atom. The molecular weight excluding hydrogens is 260 g/mol. The smallest absolute Gasteiger partial charge is 0.205 e. The van der Waals surface area contributed by atoms with Crippen molar-refractivity contribution in [1.82, 2.24) is 0 Å². The molecule has 0 unspecified atom stereocenters. The van der Waals surface area contributed by atoms with Gasteiger partial charge in [-0.2, -0.15) is 0 Å².